The van der Waals surface area contributed by atoms with Crippen molar-refractivity contribution in [2.45, 2.75) is 30.5 Å². The van der Waals surface area contributed by atoms with Crippen LogP contribution in [0.2, 0.25) is 0 Å². The first kappa shape index (κ1) is 13.3. The Morgan fingerprint density at radius 3 is 2.95 bits per heavy atom. The van der Waals surface area contributed by atoms with E-state index < -0.39 is 10.0 Å². The van der Waals surface area contributed by atoms with Crippen LogP contribution in [-0.2, 0) is 17.1 Å². The molecule has 0 spiro atoms. The van der Waals surface area contributed by atoms with Gasteiger partial charge in [0.1, 0.15) is 0 Å². The minimum atomic E-state index is -3.56. The molecule has 0 radical (unpaired) electrons. The summed E-state index contributed by atoms with van der Waals surface area (Å²) in [5.41, 5.74) is 1.13. The number of aryl methyl sites for hydroxylation is 1. The van der Waals surface area contributed by atoms with Gasteiger partial charge in [-0.3, -0.25) is 9.67 Å². The Bertz CT molecular complexity index is 676. The summed E-state index contributed by atoms with van der Waals surface area (Å²) in [5.74, 6) is 0. The van der Waals surface area contributed by atoms with Gasteiger partial charge >= 0.3 is 0 Å². The third-order valence-electron chi connectivity index (χ3n) is 3.40. The Morgan fingerprint density at radius 1 is 1.45 bits per heavy atom. The lowest BCUT2D eigenvalue weighted by Gasteiger charge is -2.19. The predicted octanol–water partition coefficient (Wildman–Crippen LogP) is 0.0870. The summed E-state index contributed by atoms with van der Waals surface area (Å²) in [7, 11) is -1.87. The lowest BCUT2D eigenvalue weighted by Crippen LogP contribution is -2.37. The number of nitrogens with zero attached hydrogens (tertiary/aromatic N) is 4. The molecule has 8 heteroatoms. The molecule has 2 aliphatic rings. The van der Waals surface area contributed by atoms with E-state index in [1.807, 2.05) is 11.8 Å². The second-order valence-corrected chi connectivity index (χ2v) is 6.83. The molecule has 0 aromatic carbocycles. The van der Waals surface area contributed by atoms with Gasteiger partial charge in [0.25, 0.3) is 10.0 Å². The third kappa shape index (κ3) is 2.48. The number of hydrogen-bond acceptors (Lipinski definition) is 5. The maximum absolute atomic E-state index is 12.2. The normalized spacial score (nSPS) is 25.7. The molecule has 7 nitrogen and oxygen atoms in total. The predicted molar refractivity (Wildman–Crippen MR) is 74.7 cm³/mol. The van der Waals surface area contributed by atoms with Crippen molar-refractivity contribution < 1.29 is 8.42 Å². The van der Waals surface area contributed by atoms with Crippen LogP contribution >= 0.6 is 0 Å². The highest BCUT2D eigenvalue weighted by Crippen LogP contribution is 2.24. The first-order valence-corrected chi connectivity index (χ1v) is 7.95. The molecular weight excluding hydrogens is 278 g/mol. The molecule has 3 heterocycles. The summed E-state index contributed by atoms with van der Waals surface area (Å²) in [6.45, 7) is 2.61. The van der Waals surface area contributed by atoms with E-state index in [-0.39, 0.29) is 17.1 Å². The zero-order chi connectivity index (χ0) is 14.3. The van der Waals surface area contributed by atoms with Gasteiger partial charge in [0, 0.05) is 37.9 Å². The Balaban J connectivity index is 1.74. The summed E-state index contributed by atoms with van der Waals surface area (Å²) in [6, 6.07) is 1.50. The summed E-state index contributed by atoms with van der Waals surface area (Å²) in [5, 5.41) is 4.00. The van der Waals surface area contributed by atoms with Crippen molar-refractivity contribution in [3.05, 3.63) is 24.0 Å². The van der Waals surface area contributed by atoms with Crippen LogP contribution in [0.3, 0.4) is 0 Å². The fourth-order valence-electron chi connectivity index (χ4n) is 2.48. The molecule has 1 aromatic rings. The largest absolute Gasteiger partial charge is 0.335 e. The average molecular weight is 295 g/mol. The standard InChI is InChI=1S/C12H17N5O2S/c1-9-5-11-6-10(7-17(11)8-13-9)15-20(18,19)12-3-4-16(2)14-12/h3-5,8-10,15H,6-7H2,1-2H3/t9-,10-/m0/s1. The number of aliphatic imine (C=N–C) groups is 1. The molecular formula is C12H17N5O2S. The zero-order valence-electron chi connectivity index (χ0n) is 11.4. The van der Waals surface area contributed by atoms with Gasteiger partial charge in [0.15, 0.2) is 5.03 Å². The maximum Gasteiger partial charge on any atom is 0.260 e. The Morgan fingerprint density at radius 2 is 2.25 bits per heavy atom. The molecule has 0 bridgehead atoms. The molecule has 3 rings (SSSR count). The summed E-state index contributed by atoms with van der Waals surface area (Å²) < 4.78 is 28.6. The lowest BCUT2D eigenvalue weighted by molar-refractivity contribution is 0.522. The van der Waals surface area contributed by atoms with Crippen molar-refractivity contribution >= 4 is 16.4 Å². The number of hydrogen-bond donors (Lipinski definition) is 1. The van der Waals surface area contributed by atoms with Crippen molar-refractivity contribution in [2.75, 3.05) is 6.54 Å². The molecule has 1 N–H and O–H groups in total. The minimum absolute atomic E-state index is 0.0564. The van der Waals surface area contributed by atoms with E-state index in [0.29, 0.717) is 13.0 Å². The van der Waals surface area contributed by atoms with E-state index in [4.69, 9.17) is 0 Å². The molecule has 0 saturated carbocycles. The second kappa shape index (κ2) is 4.71. The SMILES string of the molecule is C[C@H]1C=C2C[C@H](NS(=O)(=O)c3ccn(C)n3)CN2C=N1. The number of fused-ring (bicyclic) bond motifs is 1. The van der Waals surface area contributed by atoms with Gasteiger partial charge in [-0.25, -0.2) is 13.1 Å². The lowest BCUT2D eigenvalue weighted by atomic mass is 10.2. The van der Waals surface area contributed by atoms with Crippen molar-refractivity contribution in [3.8, 4) is 0 Å². The minimum Gasteiger partial charge on any atom is -0.335 e. The van der Waals surface area contributed by atoms with Crippen molar-refractivity contribution in [3.63, 3.8) is 0 Å². The first-order valence-electron chi connectivity index (χ1n) is 6.47. The van der Waals surface area contributed by atoms with Gasteiger partial charge < -0.3 is 4.90 Å². The summed E-state index contributed by atoms with van der Waals surface area (Å²) >= 11 is 0. The van der Waals surface area contributed by atoms with Gasteiger partial charge in [-0.2, -0.15) is 5.10 Å². The monoisotopic (exact) mass is 295 g/mol. The highest BCUT2D eigenvalue weighted by Gasteiger charge is 2.31. The molecule has 20 heavy (non-hydrogen) atoms. The molecule has 2 atom stereocenters. The van der Waals surface area contributed by atoms with Crippen LogP contribution in [0.1, 0.15) is 13.3 Å². The van der Waals surface area contributed by atoms with Crippen LogP contribution < -0.4 is 4.72 Å². The fraction of sp³-hybridized carbons (Fsp3) is 0.500. The van der Waals surface area contributed by atoms with Crippen molar-refractivity contribution in [1.82, 2.24) is 19.4 Å². The molecule has 2 aliphatic heterocycles. The number of nitrogens with one attached hydrogen (secondary N) is 1. The number of sulfonamides is 1. The van der Waals surface area contributed by atoms with E-state index >= 15 is 0 Å². The van der Waals surface area contributed by atoms with E-state index in [9.17, 15) is 8.42 Å². The average Bonchev–Trinajstić information content (AvgIpc) is 2.94. The molecule has 0 unspecified atom stereocenters. The van der Waals surface area contributed by atoms with Crippen LogP contribution in [0.25, 0.3) is 0 Å². The molecule has 1 fully saturated rings. The number of rotatable bonds is 3. The van der Waals surface area contributed by atoms with Crippen LogP contribution in [-0.4, -0.2) is 48.1 Å². The van der Waals surface area contributed by atoms with E-state index in [2.05, 4.69) is 20.9 Å². The van der Waals surface area contributed by atoms with Gasteiger partial charge in [0.2, 0.25) is 0 Å². The second-order valence-electron chi connectivity index (χ2n) is 5.17. The summed E-state index contributed by atoms with van der Waals surface area (Å²) in [6.07, 6.45) is 6.15. The molecule has 1 saturated heterocycles. The van der Waals surface area contributed by atoms with Gasteiger partial charge in [-0.15, -0.1) is 0 Å². The number of aromatic nitrogens is 2. The Kier molecular flexibility index (Phi) is 3.14. The molecule has 0 aliphatic carbocycles. The molecule has 108 valence electrons. The van der Waals surface area contributed by atoms with E-state index in [1.54, 1.807) is 19.6 Å². The smallest absolute Gasteiger partial charge is 0.260 e. The van der Waals surface area contributed by atoms with Gasteiger partial charge in [-0.1, -0.05) is 0 Å². The first-order chi connectivity index (χ1) is 9.44. The van der Waals surface area contributed by atoms with Crippen LogP contribution in [0.15, 0.2) is 34.1 Å². The topological polar surface area (TPSA) is 79.6 Å². The van der Waals surface area contributed by atoms with Crippen molar-refractivity contribution in [1.29, 1.82) is 0 Å². The highest BCUT2D eigenvalue weighted by atomic mass is 32.2. The van der Waals surface area contributed by atoms with Crippen molar-refractivity contribution in [2.24, 2.45) is 12.0 Å². The van der Waals surface area contributed by atoms with Gasteiger partial charge in [0.05, 0.1) is 12.4 Å². The van der Waals surface area contributed by atoms with E-state index in [0.717, 1.165) is 5.70 Å². The Labute approximate surface area is 118 Å². The zero-order valence-corrected chi connectivity index (χ0v) is 12.2. The van der Waals surface area contributed by atoms with Crippen LogP contribution in [0.4, 0.5) is 0 Å². The van der Waals surface area contributed by atoms with Crippen LogP contribution in [0, 0.1) is 0 Å². The maximum atomic E-state index is 12.2. The quantitative estimate of drug-likeness (QED) is 0.857. The van der Waals surface area contributed by atoms with Gasteiger partial charge in [-0.05, 0) is 19.1 Å². The molecule has 0 amide bonds. The van der Waals surface area contributed by atoms with E-state index in [1.165, 1.54) is 10.7 Å². The third-order valence-corrected chi connectivity index (χ3v) is 4.81. The summed E-state index contributed by atoms with van der Waals surface area (Å²) in [4.78, 5) is 6.29. The van der Waals surface area contributed by atoms with Crippen LogP contribution in [0.5, 0.6) is 0 Å². The fourth-order valence-corrected chi connectivity index (χ4v) is 3.67. The Hall–Kier alpha value is -1.67. The molecule has 1 aromatic heterocycles. The highest BCUT2D eigenvalue weighted by molar-refractivity contribution is 7.89.